The van der Waals surface area contributed by atoms with E-state index in [4.69, 9.17) is 17.2 Å². The van der Waals surface area contributed by atoms with Gasteiger partial charge in [-0.3, -0.25) is 18.9 Å². The highest BCUT2D eigenvalue weighted by Crippen LogP contribution is 2.33. The van der Waals surface area contributed by atoms with E-state index in [0.29, 0.717) is 32.8 Å². The average Bonchev–Trinajstić information content (AvgIpc) is 3.08. The van der Waals surface area contributed by atoms with Gasteiger partial charge in [-0.25, -0.2) is 4.98 Å². The summed E-state index contributed by atoms with van der Waals surface area (Å²) in [6.07, 6.45) is 5.18. The standard InChI is InChI=1S/C25H26N4O2S2/c1-4-5-13-29-24(31)20(33-25(29)32)15-19-21(26-17(3)18-11-7-6-8-12-18)27-22-16(2)10-9-14-28(22)23(19)30/h6-12,14-15,17,26H,4-5,13H2,1-3H3/b20-15-. The molecule has 1 aliphatic rings. The number of benzene rings is 1. The number of fused-ring (bicyclic) bond motifs is 1. The number of aryl methyl sites for hydroxylation is 1. The Balaban J connectivity index is 1.81. The van der Waals surface area contributed by atoms with Gasteiger partial charge in [-0.1, -0.05) is 73.7 Å². The Bertz CT molecular complexity index is 1300. The van der Waals surface area contributed by atoms with Crippen LogP contribution in [0.3, 0.4) is 0 Å². The van der Waals surface area contributed by atoms with Gasteiger partial charge in [-0.05, 0) is 43.5 Å². The third-order valence-corrected chi connectivity index (χ3v) is 7.00. The van der Waals surface area contributed by atoms with Crippen LogP contribution in [0.15, 0.2) is 58.4 Å². The van der Waals surface area contributed by atoms with Crippen LogP contribution in [0.5, 0.6) is 0 Å². The second-order valence-corrected chi connectivity index (χ2v) is 9.70. The van der Waals surface area contributed by atoms with E-state index in [1.807, 2.05) is 56.3 Å². The maximum absolute atomic E-state index is 13.5. The molecular formula is C25H26N4O2S2. The average molecular weight is 479 g/mol. The fraction of sp³-hybridized carbons (Fsp3) is 0.280. The van der Waals surface area contributed by atoms with Gasteiger partial charge in [0.05, 0.1) is 10.5 Å². The molecule has 1 atom stereocenters. The summed E-state index contributed by atoms with van der Waals surface area (Å²) in [5.74, 6) is 0.290. The van der Waals surface area contributed by atoms with Gasteiger partial charge in [0, 0.05) is 18.8 Å². The number of unbranched alkanes of at least 4 members (excludes halogenated alkanes) is 1. The fourth-order valence-corrected chi connectivity index (χ4v) is 5.01. The number of hydrogen-bond donors (Lipinski definition) is 1. The van der Waals surface area contributed by atoms with Crippen molar-refractivity contribution >= 4 is 51.7 Å². The monoisotopic (exact) mass is 478 g/mol. The summed E-state index contributed by atoms with van der Waals surface area (Å²) in [6, 6.07) is 13.6. The van der Waals surface area contributed by atoms with Gasteiger partial charge in [0.25, 0.3) is 11.5 Å². The van der Waals surface area contributed by atoms with Crippen molar-refractivity contribution in [1.29, 1.82) is 0 Å². The quantitative estimate of drug-likeness (QED) is 0.373. The number of carbonyl (C=O) groups is 1. The van der Waals surface area contributed by atoms with Gasteiger partial charge < -0.3 is 5.32 Å². The molecule has 1 saturated heterocycles. The zero-order valence-electron chi connectivity index (χ0n) is 18.9. The van der Waals surface area contributed by atoms with E-state index >= 15 is 0 Å². The van der Waals surface area contributed by atoms with E-state index in [0.717, 1.165) is 24.0 Å². The van der Waals surface area contributed by atoms with E-state index in [1.165, 1.54) is 16.2 Å². The molecule has 0 aliphatic carbocycles. The molecule has 1 unspecified atom stereocenters. The summed E-state index contributed by atoms with van der Waals surface area (Å²) in [5.41, 5.74) is 2.66. The van der Waals surface area contributed by atoms with Crippen molar-refractivity contribution in [2.75, 3.05) is 11.9 Å². The molecule has 170 valence electrons. The number of anilines is 1. The molecule has 0 radical (unpaired) electrons. The molecule has 33 heavy (non-hydrogen) atoms. The number of thiocarbonyl (C=S) groups is 1. The minimum Gasteiger partial charge on any atom is -0.363 e. The molecule has 1 fully saturated rings. The number of thioether (sulfide) groups is 1. The molecule has 8 heteroatoms. The Morgan fingerprint density at radius 3 is 2.67 bits per heavy atom. The molecule has 2 aromatic heterocycles. The van der Waals surface area contributed by atoms with Crippen LogP contribution in [0.2, 0.25) is 0 Å². The Hall–Kier alpha value is -2.97. The summed E-state index contributed by atoms with van der Waals surface area (Å²) in [6.45, 7) is 6.60. The first-order valence-corrected chi connectivity index (χ1v) is 12.2. The first-order chi connectivity index (χ1) is 15.9. The molecule has 0 spiro atoms. The second-order valence-electron chi connectivity index (χ2n) is 8.03. The van der Waals surface area contributed by atoms with Crippen molar-refractivity contribution in [3.05, 3.63) is 80.6 Å². The van der Waals surface area contributed by atoms with E-state index in [2.05, 4.69) is 12.2 Å². The number of pyridine rings is 1. The minimum absolute atomic E-state index is 0.0872. The molecule has 1 N–H and O–H groups in total. The Morgan fingerprint density at radius 1 is 1.18 bits per heavy atom. The summed E-state index contributed by atoms with van der Waals surface area (Å²) < 4.78 is 2.05. The van der Waals surface area contributed by atoms with Crippen LogP contribution in [-0.4, -0.2) is 31.1 Å². The van der Waals surface area contributed by atoms with Crippen molar-refractivity contribution in [3.63, 3.8) is 0 Å². The SMILES string of the molecule is CCCCN1C(=O)/C(=C/c2c(NC(C)c3ccccc3)nc3c(C)cccn3c2=O)SC1=S. The summed E-state index contributed by atoms with van der Waals surface area (Å²) in [7, 11) is 0. The molecule has 6 nitrogen and oxygen atoms in total. The Kier molecular flexibility index (Phi) is 6.95. The maximum Gasteiger partial charge on any atom is 0.267 e. The largest absolute Gasteiger partial charge is 0.363 e. The third kappa shape index (κ3) is 4.72. The van der Waals surface area contributed by atoms with Gasteiger partial charge in [-0.15, -0.1) is 0 Å². The van der Waals surface area contributed by atoms with Crippen LogP contribution in [0.4, 0.5) is 5.82 Å². The lowest BCUT2D eigenvalue weighted by Crippen LogP contribution is -2.29. The van der Waals surface area contributed by atoms with Crippen molar-refractivity contribution in [2.24, 2.45) is 0 Å². The number of nitrogens with one attached hydrogen (secondary N) is 1. The number of carbonyl (C=O) groups excluding carboxylic acids is 1. The summed E-state index contributed by atoms with van der Waals surface area (Å²) >= 11 is 6.66. The van der Waals surface area contributed by atoms with Gasteiger partial charge >= 0.3 is 0 Å². The van der Waals surface area contributed by atoms with Gasteiger partial charge in [0.15, 0.2) is 0 Å². The minimum atomic E-state index is -0.231. The lowest BCUT2D eigenvalue weighted by Gasteiger charge is -2.18. The number of nitrogens with zero attached hydrogens (tertiary/aromatic N) is 3. The fourth-order valence-electron chi connectivity index (χ4n) is 3.72. The van der Waals surface area contributed by atoms with Crippen LogP contribution < -0.4 is 10.9 Å². The topological polar surface area (TPSA) is 66.7 Å². The molecular weight excluding hydrogens is 452 g/mol. The van der Waals surface area contributed by atoms with E-state index in [-0.39, 0.29) is 17.5 Å². The normalized spacial score (nSPS) is 16.1. The molecule has 1 amide bonds. The first kappa shape index (κ1) is 23.2. The zero-order chi connectivity index (χ0) is 23.5. The third-order valence-electron chi connectivity index (χ3n) is 5.62. The Morgan fingerprint density at radius 2 is 1.94 bits per heavy atom. The van der Waals surface area contributed by atoms with Gasteiger partial charge in [-0.2, -0.15) is 0 Å². The smallest absolute Gasteiger partial charge is 0.267 e. The molecule has 4 rings (SSSR count). The zero-order valence-corrected chi connectivity index (χ0v) is 20.5. The lowest BCUT2D eigenvalue weighted by atomic mass is 10.1. The predicted molar refractivity (Wildman–Crippen MR) is 139 cm³/mol. The van der Waals surface area contributed by atoms with Crippen molar-refractivity contribution < 1.29 is 4.79 Å². The van der Waals surface area contributed by atoms with Crippen LogP contribution in [0, 0.1) is 6.92 Å². The van der Waals surface area contributed by atoms with Crippen LogP contribution in [0.1, 0.15) is 49.4 Å². The van der Waals surface area contributed by atoms with Crippen molar-refractivity contribution in [1.82, 2.24) is 14.3 Å². The number of amides is 1. The lowest BCUT2D eigenvalue weighted by molar-refractivity contribution is -0.122. The van der Waals surface area contributed by atoms with Crippen LogP contribution in [-0.2, 0) is 4.79 Å². The molecule has 0 bridgehead atoms. The van der Waals surface area contributed by atoms with E-state index < -0.39 is 0 Å². The molecule has 1 aromatic carbocycles. The highest BCUT2D eigenvalue weighted by molar-refractivity contribution is 8.26. The highest BCUT2D eigenvalue weighted by Gasteiger charge is 2.32. The Labute approximate surface area is 202 Å². The summed E-state index contributed by atoms with van der Waals surface area (Å²) in [4.78, 5) is 33.4. The molecule has 1 aliphatic heterocycles. The highest BCUT2D eigenvalue weighted by atomic mass is 32.2. The van der Waals surface area contributed by atoms with E-state index in [1.54, 1.807) is 17.2 Å². The molecule has 3 aromatic rings. The molecule has 3 heterocycles. The van der Waals surface area contributed by atoms with Crippen molar-refractivity contribution in [2.45, 2.75) is 39.7 Å². The van der Waals surface area contributed by atoms with Crippen molar-refractivity contribution in [3.8, 4) is 0 Å². The second kappa shape index (κ2) is 9.89. The molecule has 0 saturated carbocycles. The number of hydrogen-bond acceptors (Lipinski definition) is 6. The van der Waals surface area contributed by atoms with Crippen LogP contribution in [0.25, 0.3) is 11.7 Å². The van der Waals surface area contributed by atoms with Gasteiger partial charge in [0.1, 0.15) is 15.8 Å². The number of aromatic nitrogens is 2. The first-order valence-electron chi connectivity index (χ1n) is 11.0. The predicted octanol–water partition coefficient (Wildman–Crippen LogP) is 5.18. The summed E-state index contributed by atoms with van der Waals surface area (Å²) in [5, 5.41) is 3.40. The van der Waals surface area contributed by atoms with E-state index in [9.17, 15) is 9.59 Å². The van der Waals surface area contributed by atoms with Crippen LogP contribution >= 0.6 is 24.0 Å². The van der Waals surface area contributed by atoms with Gasteiger partial charge in [0.2, 0.25) is 0 Å². The maximum atomic E-state index is 13.5. The number of rotatable bonds is 7.